The molecule has 0 spiro atoms. The predicted molar refractivity (Wildman–Crippen MR) is 50.8 cm³/mol. The highest BCUT2D eigenvalue weighted by Crippen LogP contribution is 2.37. The van der Waals surface area contributed by atoms with Gasteiger partial charge in [0.15, 0.2) is 0 Å². The number of alkyl halides is 3. The standard InChI is InChI=1S/C10H9F3N2O/c11-10(12,13)6-4-5-14-7-2-1-3-8(16)15-9(6)7/h4-5H,1-3H2,(H,15,16). The highest BCUT2D eigenvalue weighted by atomic mass is 19.4. The molecule has 0 aliphatic carbocycles. The third kappa shape index (κ3) is 2.00. The number of rotatable bonds is 0. The van der Waals surface area contributed by atoms with Gasteiger partial charge in [-0.1, -0.05) is 0 Å². The largest absolute Gasteiger partial charge is 0.418 e. The van der Waals surface area contributed by atoms with Crippen molar-refractivity contribution in [3.8, 4) is 0 Å². The summed E-state index contributed by atoms with van der Waals surface area (Å²) in [5, 5.41) is 2.28. The van der Waals surface area contributed by atoms with Crippen molar-refractivity contribution in [3.05, 3.63) is 23.5 Å². The van der Waals surface area contributed by atoms with Crippen LogP contribution in [0.4, 0.5) is 18.9 Å². The molecule has 6 heteroatoms. The normalized spacial score (nSPS) is 16.3. The molecular weight excluding hydrogens is 221 g/mol. The van der Waals surface area contributed by atoms with Crippen LogP contribution in [-0.2, 0) is 17.4 Å². The first-order chi connectivity index (χ1) is 7.48. The van der Waals surface area contributed by atoms with Crippen LogP contribution in [0.2, 0.25) is 0 Å². The fourth-order valence-corrected chi connectivity index (χ4v) is 1.69. The van der Waals surface area contributed by atoms with Crippen molar-refractivity contribution in [1.82, 2.24) is 4.98 Å². The van der Waals surface area contributed by atoms with Gasteiger partial charge in [-0.15, -0.1) is 0 Å². The number of fused-ring (bicyclic) bond motifs is 1. The average molecular weight is 230 g/mol. The minimum atomic E-state index is -4.47. The van der Waals surface area contributed by atoms with Crippen molar-refractivity contribution in [2.45, 2.75) is 25.4 Å². The molecule has 0 atom stereocenters. The number of aromatic nitrogens is 1. The van der Waals surface area contributed by atoms with Crippen LogP contribution in [0, 0.1) is 0 Å². The van der Waals surface area contributed by atoms with Gasteiger partial charge in [0.25, 0.3) is 0 Å². The van der Waals surface area contributed by atoms with Gasteiger partial charge in [0, 0.05) is 12.6 Å². The van der Waals surface area contributed by atoms with E-state index in [-0.39, 0.29) is 12.1 Å². The zero-order chi connectivity index (χ0) is 11.8. The molecule has 1 aliphatic heterocycles. The van der Waals surface area contributed by atoms with Crippen molar-refractivity contribution in [1.29, 1.82) is 0 Å². The van der Waals surface area contributed by atoms with Gasteiger partial charge in [-0.25, -0.2) is 0 Å². The van der Waals surface area contributed by atoms with Crippen molar-refractivity contribution in [3.63, 3.8) is 0 Å². The van der Waals surface area contributed by atoms with E-state index in [4.69, 9.17) is 0 Å². The molecule has 1 amide bonds. The average Bonchev–Trinajstić information content (AvgIpc) is 2.36. The second kappa shape index (κ2) is 3.77. The Bertz CT molecular complexity index is 429. The smallest absolute Gasteiger partial charge is 0.324 e. The molecule has 0 saturated heterocycles. The SMILES string of the molecule is O=C1CCCc2nccc(C(F)(F)F)c2N1. The van der Waals surface area contributed by atoms with Gasteiger partial charge in [0.2, 0.25) is 5.91 Å². The molecule has 2 rings (SSSR count). The van der Waals surface area contributed by atoms with Gasteiger partial charge in [-0.05, 0) is 18.9 Å². The quantitative estimate of drug-likeness (QED) is 0.743. The number of pyridine rings is 1. The second-order valence-corrected chi connectivity index (χ2v) is 3.58. The molecule has 1 aliphatic rings. The molecule has 0 bridgehead atoms. The maximum atomic E-state index is 12.7. The van der Waals surface area contributed by atoms with Gasteiger partial charge in [-0.2, -0.15) is 13.2 Å². The van der Waals surface area contributed by atoms with Gasteiger partial charge in [0.05, 0.1) is 16.9 Å². The maximum absolute atomic E-state index is 12.7. The number of halogens is 3. The highest BCUT2D eigenvalue weighted by molar-refractivity contribution is 5.92. The number of amides is 1. The van der Waals surface area contributed by atoms with Crippen molar-refractivity contribution < 1.29 is 18.0 Å². The van der Waals surface area contributed by atoms with Gasteiger partial charge in [-0.3, -0.25) is 9.78 Å². The van der Waals surface area contributed by atoms with E-state index in [2.05, 4.69) is 10.3 Å². The second-order valence-electron chi connectivity index (χ2n) is 3.58. The monoisotopic (exact) mass is 230 g/mol. The minimum Gasteiger partial charge on any atom is -0.324 e. The summed E-state index contributed by atoms with van der Waals surface area (Å²) in [5.41, 5.74) is -0.703. The molecule has 1 aromatic rings. The fourth-order valence-electron chi connectivity index (χ4n) is 1.69. The Labute approximate surface area is 89.7 Å². The number of aryl methyl sites for hydroxylation is 1. The number of hydrogen-bond acceptors (Lipinski definition) is 2. The lowest BCUT2D eigenvalue weighted by molar-refractivity contribution is -0.137. The van der Waals surface area contributed by atoms with Gasteiger partial charge >= 0.3 is 6.18 Å². The van der Waals surface area contributed by atoms with Gasteiger partial charge in [0.1, 0.15) is 0 Å². The molecular formula is C10H9F3N2O. The number of nitrogens with one attached hydrogen (secondary N) is 1. The van der Waals surface area contributed by atoms with Crippen LogP contribution in [0.5, 0.6) is 0 Å². The zero-order valence-corrected chi connectivity index (χ0v) is 8.27. The molecule has 16 heavy (non-hydrogen) atoms. The Morgan fingerprint density at radius 2 is 2.06 bits per heavy atom. The van der Waals surface area contributed by atoms with E-state index in [1.165, 1.54) is 0 Å². The van der Waals surface area contributed by atoms with Crippen LogP contribution in [0.15, 0.2) is 12.3 Å². The molecule has 0 saturated carbocycles. The Hall–Kier alpha value is -1.59. The fraction of sp³-hybridized carbons (Fsp3) is 0.400. The summed E-state index contributed by atoms with van der Waals surface area (Å²) in [6, 6.07) is 0.879. The summed E-state index contributed by atoms with van der Waals surface area (Å²) in [5.74, 6) is -0.391. The molecule has 1 aromatic heterocycles. The van der Waals surface area contributed by atoms with Crippen LogP contribution >= 0.6 is 0 Å². The van der Waals surface area contributed by atoms with Crippen LogP contribution in [0.3, 0.4) is 0 Å². The molecule has 0 unspecified atom stereocenters. The van der Waals surface area contributed by atoms with Crippen LogP contribution in [-0.4, -0.2) is 10.9 Å². The molecule has 0 radical (unpaired) electrons. The summed E-state index contributed by atoms with van der Waals surface area (Å²) >= 11 is 0. The van der Waals surface area contributed by atoms with E-state index in [9.17, 15) is 18.0 Å². The van der Waals surface area contributed by atoms with Crippen molar-refractivity contribution in [2.24, 2.45) is 0 Å². The minimum absolute atomic E-state index is 0.183. The zero-order valence-electron chi connectivity index (χ0n) is 8.27. The molecule has 86 valence electrons. The van der Waals surface area contributed by atoms with Crippen molar-refractivity contribution in [2.75, 3.05) is 5.32 Å². The van der Waals surface area contributed by atoms with E-state index in [0.29, 0.717) is 18.5 Å². The van der Waals surface area contributed by atoms with E-state index < -0.39 is 17.6 Å². The first kappa shape index (κ1) is 10.9. The Morgan fingerprint density at radius 3 is 2.75 bits per heavy atom. The number of hydrogen-bond donors (Lipinski definition) is 1. The lowest BCUT2D eigenvalue weighted by Gasteiger charge is -2.14. The van der Waals surface area contributed by atoms with E-state index in [1.54, 1.807) is 0 Å². The third-order valence-electron chi connectivity index (χ3n) is 2.42. The molecule has 0 aromatic carbocycles. The van der Waals surface area contributed by atoms with Crippen LogP contribution < -0.4 is 5.32 Å². The predicted octanol–water partition coefficient (Wildman–Crippen LogP) is 2.38. The lowest BCUT2D eigenvalue weighted by Crippen LogP contribution is -2.16. The third-order valence-corrected chi connectivity index (χ3v) is 2.42. The van der Waals surface area contributed by atoms with Crippen molar-refractivity contribution >= 4 is 11.6 Å². The van der Waals surface area contributed by atoms with E-state index in [1.807, 2.05) is 0 Å². The summed E-state index contributed by atoms with van der Waals surface area (Å²) in [6.45, 7) is 0. The Kier molecular flexibility index (Phi) is 2.57. The molecule has 3 nitrogen and oxygen atoms in total. The number of nitrogens with zero attached hydrogens (tertiary/aromatic N) is 1. The number of carbonyl (C=O) groups excluding carboxylic acids is 1. The molecule has 0 fully saturated rings. The Balaban J connectivity index is 2.53. The van der Waals surface area contributed by atoms with Gasteiger partial charge < -0.3 is 5.32 Å². The van der Waals surface area contributed by atoms with E-state index >= 15 is 0 Å². The Morgan fingerprint density at radius 1 is 1.31 bits per heavy atom. The highest BCUT2D eigenvalue weighted by Gasteiger charge is 2.35. The maximum Gasteiger partial charge on any atom is 0.418 e. The molecule has 2 heterocycles. The summed E-state index contributed by atoms with van der Waals surface area (Å²) in [4.78, 5) is 15.1. The van der Waals surface area contributed by atoms with E-state index in [0.717, 1.165) is 12.3 Å². The first-order valence-corrected chi connectivity index (χ1v) is 4.83. The van der Waals surface area contributed by atoms with Crippen LogP contribution in [0.25, 0.3) is 0 Å². The lowest BCUT2D eigenvalue weighted by atomic mass is 10.1. The number of anilines is 1. The summed E-state index contributed by atoms with van der Waals surface area (Å²) in [6.07, 6.45) is -2.21. The molecule has 1 N–H and O–H groups in total. The summed E-state index contributed by atoms with van der Waals surface area (Å²) < 4.78 is 38.0. The van der Waals surface area contributed by atoms with Crippen LogP contribution in [0.1, 0.15) is 24.1 Å². The first-order valence-electron chi connectivity index (χ1n) is 4.83. The topological polar surface area (TPSA) is 42.0 Å². The summed E-state index contributed by atoms with van der Waals surface area (Å²) in [7, 11) is 0. The number of carbonyl (C=O) groups is 1.